The maximum absolute atomic E-state index is 12.9. The molecule has 0 radical (unpaired) electrons. The van der Waals surface area contributed by atoms with Gasteiger partial charge in [0.2, 0.25) is 5.95 Å². The summed E-state index contributed by atoms with van der Waals surface area (Å²) < 4.78 is 0. The van der Waals surface area contributed by atoms with Crippen LogP contribution in [-0.4, -0.2) is 40.9 Å². The molecule has 7 nitrogen and oxygen atoms in total. The molecule has 0 bridgehead atoms. The molecule has 0 spiro atoms. The van der Waals surface area contributed by atoms with E-state index in [1.165, 1.54) is 0 Å². The third-order valence-electron chi connectivity index (χ3n) is 7.20. The predicted octanol–water partition coefficient (Wildman–Crippen LogP) is 4.93. The summed E-state index contributed by atoms with van der Waals surface area (Å²) in [6.07, 6.45) is 9.25. The number of hydrogen-bond donors (Lipinski definition) is 3. The lowest BCUT2D eigenvalue weighted by Crippen LogP contribution is -2.41. The summed E-state index contributed by atoms with van der Waals surface area (Å²) in [5.74, 6) is 1.46. The summed E-state index contributed by atoms with van der Waals surface area (Å²) >= 11 is 0. The first-order valence-electron chi connectivity index (χ1n) is 12.6. The Balaban J connectivity index is 1.21. The van der Waals surface area contributed by atoms with Gasteiger partial charge in [0.1, 0.15) is 5.82 Å². The van der Waals surface area contributed by atoms with Crippen molar-refractivity contribution in [3.05, 3.63) is 89.8 Å². The molecular formula is C29H30N6O. The second kappa shape index (κ2) is 9.59. The minimum atomic E-state index is -0.0355. The molecule has 1 aromatic heterocycles. The molecule has 182 valence electrons. The largest absolute Gasteiger partial charge is 0.382 e. The fraction of sp³-hybridized carbons (Fsp3) is 0.276. The third-order valence-corrected chi connectivity index (χ3v) is 7.20. The minimum Gasteiger partial charge on any atom is -0.382 e. The van der Waals surface area contributed by atoms with Gasteiger partial charge in [0, 0.05) is 52.9 Å². The van der Waals surface area contributed by atoms with Crippen LogP contribution in [0.5, 0.6) is 0 Å². The van der Waals surface area contributed by atoms with Crippen molar-refractivity contribution >= 4 is 35.0 Å². The van der Waals surface area contributed by atoms with E-state index in [1.54, 1.807) is 0 Å². The van der Waals surface area contributed by atoms with E-state index in [4.69, 9.17) is 4.98 Å². The average molecular weight is 479 g/mol. The number of carbonyl (C=O) groups is 1. The highest BCUT2D eigenvalue weighted by Gasteiger charge is 2.33. The molecule has 1 fully saturated rings. The molecule has 1 atom stereocenters. The van der Waals surface area contributed by atoms with E-state index in [-0.39, 0.29) is 11.8 Å². The van der Waals surface area contributed by atoms with Gasteiger partial charge in [-0.3, -0.25) is 4.79 Å². The summed E-state index contributed by atoms with van der Waals surface area (Å²) in [6, 6.07) is 16.6. The highest BCUT2D eigenvalue weighted by Crippen LogP contribution is 2.35. The van der Waals surface area contributed by atoms with Gasteiger partial charge in [-0.05, 0) is 74.3 Å². The van der Waals surface area contributed by atoms with Gasteiger partial charge < -0.3 is 20.9 Å². The highest BCUT2D eigenvalue weighted by molar-refractivity contribution is 5.99. The van der Waals surface area contributed by atoms with Crippen LogP contribution in [0.2, 0.25) is 0 Å². The molecule has 0 amide bonds. The molecule has 1 saturated heterocycles. The molecule has 2 aromatic carbocycles. The highest BCUT2D eigenvalue weighted by atomic mass is 16.1. The van der Waals surface area contributed by atoms with Crippen LogP contribution >= 0.6 is 0 Å². The van der Waals surface area contributed by atoms with E-state index in [1.807, 2.05) is 54.7 Å². The Morgan fingerprint density at radius 3 is 2.58 bits per heavy atom. The van der Waals surface area contributed by atoms with Crippen LogP contribution in [-0.2, 0) is 6.42 Å². The predicted molar refractivity (Wildman–Crippen MR) is 145 cm³/mol. The first-order valence-corrected chi connectivity index (χ1v) is 12.6. The van der Waals surface area contributed by atoms with Gasteiger partial charge in [0.25, 0.3) is 0 Å². The Kier molecular flexibility index (Phi) is 5.99. The number of carbonyl (C=O) groups excluding carboxylic acids is 1. The zero-order chi connectivity index (χ0) is 24.5. The van der Waals surface area contributed by atoms with E-state index in [9.17, 15) is 4.79 Å². The molecule has 3 N–H and O–H groups in total. The molecule has 6 rings (SSSR count). The van der Waals surface area contributed by atoms with Crippen molar-refractivity contribution in [3.63, 3.8) is 0 Å². The van der Waals surface area contributed by atoms with Crippen molar-refractivity contribution < 1.29 is 4.79 Å². The molecule has 2 aliphatic heterocycles. The summed E-state index contributed by atoms with van der Waals surface area (Å²) in [5, 5.41) is 10.4. The van der Waals surface area contributed by atoms with Gasteiger partial charge in [0.05, 0.1) is 0 Å². The van der Waals surface area contributed by atoms with Gasteiger partial charge >= 0.3 is 0 Å². The Morgan fingerprint density at radius 2 is 1.75 bits per heavy atom. The number of benzene rings is 2. The number of hydrogen-bond acceptors (Lipinski definition) is 7. The molecular weight excluding hydrogens is 448 g/mol. The summed E-state index contributed by atoms with van der Waals surface area (Å²) in [7, 11) is 0. The molecule has 1 aliphatic carbocycles. The number of fused-ring (bicyclic) bond motifs is 2. The lowest BCUT2D eigenvalue weighted by Gasteiger charge is -2.38. The molecule has 3 heterocycles. The lowest BCUT2D eigenvalue weighted by atomic mass is 9.86. The fourth-order valence-corrected chi connectivity index (χ4v) is 5.35. The first kappa shape index (κ1) is 22.5. The van der Waals surface area contributed by atoms with Crippen LogP contribution in [0.15, 0.2) is 73.1 Å². The number of allylic oxidation sites excluding steroid dienone is 1. The molecule has 3 aliphatic rings. The number of aromatic nitrogens is 2. The number of Topliss-reactive ketones (excluding diaryl/α,β-unsaturated/α-hetero) is 1. The van der Waals surface area contributed by atoms with Crippen molar-refractivity contribution in [2.45, 2.75) is 37.8 Å². The van der Waals surface area contributed by atoms with Crippen LogP contribution in [0.25, 0.3) is 6.08 Å². The first-order chi connectivity index (χ1) is 17.6. The smallest absolute Gasteiger partial charge is 0.229 e. The number of rotatable bonds is 5. The van der Waals surface area contributed by atoms with Crippen molar-refractivity contribution in [3.8, 4) is 0 Å². The van der Waals surface area contributed by atoms with Crippen LogP contribution in [0.4, 0.5) is 23.1 Å². The summed E-state index contributed by atoms with van der Waals surface area (Å²) in [6.45, 7) is 6.38. The summed E-state index contributed by atoms with van der Waals surface area (Å²) in [4.78, 5) is 24.4. The van der Waals surface area contributed by atoms with E-state index in [0.29, 0.717) is 18.4 Å². The van der Waals surface area contributed by atoms with Crippen molar-refractivity contribution in [2.24, 2.45) is 0 Å². The second-order valence-corrected chi connectivity index (χ2v) is 9.68. The number of ketones is 1. The van der Waals surface area contributed by atoms with Crippen LogP contribution in [0.1, 0.15) is 40.7 Å². The SMILES string of the molecule is C=C1C=Cc2cnc(Nc3ccc(NC4CCNCC4)cc3)nc2N1C1CC(=O)c2ccccc2C1. The van der Waals surface area contributed by atoms with Gasteiger partial charge in [-0.1, -0.05) is 30.8 Å². The maximum atomic E-state index is 12.9. The molecule has 0 saturated carbocycles. The zero-order valence-corrected chi connectivity index (χ0v) is 20.2. The van der Waals surface area contributed by atoms with Crippen LogP contribution in [0.3, 0.4) is 0 Å². The molecule has 7 heteroatoms. The number of nitrogens with one attached hydrogen (secondary N) is 3. The number of piperidine rings is 1. The Labute approximate surface area is 211 Å². The molecule has 1 unspecified atom stereocenters. The molecule has 36 heavy (non-hydrogen) atoms. The summed E-state index contributed by atoms with van der Waals surface area (Å²) in [5.41, 5.74) is 5.69. The van der Waals surface area contributed by atoms with Crippen LogP contribution < -0.4 is 20.9 Å². The normalized spacial score (nSPS) is 19.6. The van der Waals surface area contributed by atoms with Gasteiger partial charge in [-0.15, -0.1) is 0 Å². The Bertz CT molecular complexity index is 1330. The van der Waals surface area contributed by atoms with E-state index in [2.05, 4.69) is 44.5 Å². The number of anilines is 4. The Morgan fingerprint density at radius 1 is 0.972 bits per heavy atom. The van der Waals surface area contributed by atoms with Crippen molar-refractivity contribution in [1.29, 1.82) is 0 Å². The van der Waals surface area contributed by atoms with E-state index >= 15 is 0 Å². The lowest BCUT2D eigenvalue weighted by molar-refractivity contribution is 0.0964. The van der Waals surface area contributed by atoms with Gasteiger partial charge in [-0.2, -0.15) is 4.98 Å². The average Bonchev–Trinajstić information content (AvgIpc) is 2.90. The second-order valence-electron chi connectivity index (χ2n) is 9.68. The zero-order valence-electron chi connectivity index (χ0n) is 20.2. The van der Waals surface area contributed by atoms with Crippen molar-refractivity contribution in [2.75, 3.05) is 28.6 Å². The monoisotopic (exact) mass is 478 g/mol. The van der Waals surface area contributed by atoms with Gasteiger partial charge in [0.15, 0.2) is 5.78 Å². The van der Waals surface area contributed by atoms with E-state index < -0.39 is 0 Å². The minimum absolute atomic E-state index is 0.0355. The standard InChI is InChI=1S/C29H30N6O/c1-19-6-7-21-18-31-29(33-23-10-8-22(9-11-23)32-24-12-14-30-15-13-24)34-28(21)35(19)25-16-20-4-2-3-5-26(20)27(36)17-25/h2-11,18,24-25,30,32H,1,12-17H2,(H,31,33,34). The van der Waals surface area contributed by atoms with Crippen molar-refractivity contribution in [1.82, 2.24) is 15.3 Å². The third kappa shape index (κ3) is 4.50. The Hall–Kier alpha value is -3.97. The number of nitrogens with zero attached hydrogens (tertiary/aromatic N) is 3. The van der Waals surface area contributed by atoms with Gasteiger partial charge in [-0.25, -0.2) is 4.98 Å². The van der Waals surface area contributed by atoms with E-state index in [0.717, 1.165) is 71.9 Å². The fourth-order valence-electron chi connectivity index (χ4n) is 5.35. The topological polar surface area (TPSA) is 82.2 Å². The molecule has 3 aromatic rings. The van der Waals surface area contributed by atoms with Crippen LogP contribution in [0, 0.1) is 0 Å². The maximum Gasteiger partial charge on any atom is 0.229 e. The quantitative estimate of drug-likeness (QED) is 0.480.